The van der Waals surface area contributed by atoms with E-state index in [1.807, 2.05) is 0 Å². The van der Waals surface area contributed by atoms with Gasteiger partial charge in [-0.1, -0.05) is 12.1 Å². The zero-order valence-electron chi connectivity index (χ0n) is 13.1. The van der Waals surface area contributed by atoms with Crippen molar-refractivity contribution in [3.63, 3.8) is 0 Å². The topological polar surface area (TPSA) is 53.4 Å². The molecule has 0 fully saturated rings. The highest BCUT2D eigenvalue weighted by Gasteiger charge is 2.19. The molecule has 1 heterocycles. The van der Waals surface area contributed by atoms with Gasteiger partial charge in [0.05, 0.1) is 23.7 Å². The van der Waals surface area contributed by atoms with Crippen molar-refractivity contribution in [1.29, 1.82) is 0 Å². The number of methoxy groups -OCH3 is 1. The summed E-state index contributed by atoms with van der Waals surface area (Å²) in [6.45, 7) is -3.30. The number of aromatic nitrogens is 2. The van der Waals surface area contributed by atoms with Crippen molar-refractivity contribution in [1.82, 2.24) is 9.55 Å². The normalized spacial score (nSPS) is 11.1. The SMILES string of the molecule is COc1ccc(C(=O)OCc2nc3ccccc3n2C(F)F)cc1F. The fourth-order valence-electron chi connectivity index (χ4n) is 2.42. The van der Waals surface area contributed by atoms with E-state index in [2.05, 4.69) is 4.98 Å². The van der Waals surface area contributed by atoms with Gasteiger partial charge in [-0.3, -0.25) is 4.57 Å². The number of ether oxygens (including phenoxy) is 2. The quantitative estimate of drug-likeness (QED) is 0.654. The fraction of sp³-hybridized carbons (Fsp3) is 0.176. The Morgan fingerprint density at radius 3 is 2.68 bits per heavy atom. The van der Waals surface area contributed by atoms with Crippen LogP contribution in [0.4, 0.5) is 13.2 Å². The lowest BCUT2D eigenvalue weighted by atomic mass is 10.2. The van der Waals surface area contributed by atoms with Gasteiger partial charge in [0.1, 0.15) is 6.61 Å². The van der Waals surface area contributed by atoms with Crippen LogP contribution in [0.1, 0.15) is 22.7 Å². The number of carbonyl (C=O) groups excluding carboxylic acids is 1. The summed E-state index contributed by atoms with van der Waals surface area (Å²) in [5, 5.41) is 0. The molecule has 5 nitrogen and oxygen atoms in total. The van der Waals surface area contributed by atoms with E-state index in [-0.39, 0.29) is 22.7 Å². The monoisotopic (exact) mass is 350 g/mol. The Bertz CT molecular complexity index is 925. The van der Waals surface area contributed by atoms with Crippen molar-refractivity contribution in [2.75, 3.05) is 7.11 Å². The zero-order chi connectivity index (χ0) is 18.0. The first kappa shape index (κ1) is 16.8. The van der Waals surface area contributed by atoms with Crippen molar-refractivity contribution >= 4 is 17.0 Å². The number of alkyl halides is 2. The fourth-order valence-corrected chi connectivity index (χ4v) is 2.42. The van der Waals surface area contributed by atoms with Crippen molar-refractivity contribution in [3.8, 4) is 5.75 Å². The van der Waals surface area contributed by atoms with Gasteiger partial charge in [0.15, 0.2) is 17.4 Å². The Morgan fingerprint density at radius 2 is 2.00 bits per heavy atom. The number of fused-ring (bicyclic) bond motifs is 1. The Morgan fingerprint density at radius 1 is 1.24 bits per heavy atom. The van der Waals surface area contributed by atoms with Gasteiger partial charge in [-0.2, -0.15) is 8.78 Å². The van der Waals surface area contributed by atoms with E-state index in [1.54, 1.807) is 18.2 Å². The van der Waals surface area contributed by atoms with E-state index >= 15 is 0 Å². The van der Waals surface area contributed by atoms with E-state index in [9.17, 15) is 18.0 Å². The van der Waals surface area contributed by atoms with Gasteiger partial charge >= 0.3 is 12.5 Å². The van der Waals surface area contributed by atoms with E-state index in [1.165, 1.54) is 25.3 Å². The minimum absolute atomic E-state index is 0.0176. The van der Waals surface area contributed by atoms with Crippen LogP contribution in [0.15, 0.2) is 42.5 Å². The Balaban J connectivity index is 1.81. The minimum atomic E-state index is -2.83. The second-order valence-electron chi connectivity index (χ2n) is 5.09. The lowest BCUT2D eigenvalue weighted by Crippen LogP contribution is -2.11. The number of hydrogen-bond acceptors (Lipinski definition) is 4. The molecule has 0 aliphatic carbocycles. The molecule has 0 atom stereocenters. The molecule has 8 heteroatoms. The number of imidazole rings is 1. The average molecular weight is 350 g/mol. The molecule has 3 aromatic rings. The smallest absolute Gasteiger partial charge is 0.338 e. The van der Waals surface area contributed by atoms with Crippen molar-refractivity contribution < 1.29 is 27.4 Å². The van der Waals surface area contributed by atoms with Gasteiger partial charge in [0.25, 0.3) is 0 Å². The summed E-state index contributed by atoms with van der Waals surface area (Å²) in [5.74, 6) is -1.69. The van der Waals surface area contributed by atoms with Gasteiger partial charge < -0.3 is 9.47 Å². The van der Waals surface area contributed by atoms with Crippen LogP contribution in [0, 0.1) is 5.82 Å². The van der Waals surface area contributed by atoms with E-state index in [4.69, 9.17) is 9.47 Å². The third kappa shape index (κ3) is 3.28. The first-order valence-electron chi connectivity index (χ1n) is 7.26. The lowest BCUT2D eigenvalue weighted by molar-refractivity contribution is 0.0387. The molecule has 2 aromatic carbocycles. The molecule has 0 spiro atoms. The second-order valence-corrected chi connectivity index (χ2v) is 5.09. The largest absolute Gasteiger partial charge is 0.494 e. The molecule has 130 valence electrons. The van der Waals surface area contributed by atoms with Crippen molar-refractivity contribution in [2.45, 2.75) is 13.2 Å². The minimum Gasteiger partial charge on any atom is -0.494 e. The Labute approximate surface area is 140 Å². The number of rotatable bonds is 5. The van der Waals surface area contributed by atoms with E-state index in [0.29, 0.717) is 10.1 Å². The molecule has 1 aromatic heterocycles. The summed E-state index contributed by atoms with van der Waals surface area (Å²) in [7, 11) is 1.30. The highest BCUT2D eigenvalue weighted by molar-refractivity contribution is 5.89. The summed E-state index contributed by atoms with van der Waals surface area (Å²) in [4.78, 5) is 16.1. The Kier molecular flexibility index (Phi) is 4.60. The van der Waals surface area contributed by atoms with Crippen LogP contribution in [0.5, 0.6) is 5.75 Å². The first-order chi connectivity index (χ1) is 12.0. The maximum Gasteiger partial charge on any atom is 0.338 e. The van der Waals surface area contributed by atoms with Crippen LogP contribution in [-0.4, -0.2) is 22.6 Å². The zero-order valence-corrected chi connectivity index (χ0v) is 13.1. The van der Waals surface area contributed by atoms with E-state index in [0.717, 1.165) is 6.07 Å². The standard InChI is InChI=1S/C17H13F3N2O3/c1-24-14-7-6-10(8-11(14)18)16(23)25-9-15-21-12-4-2-3-5-13(12)22(15)17(19)20/h2-8,17H,9H2,1H3. The van der Waals surface area contributed by atoms with Gasteiger partial charge in [0.2, 0.25) is 0 Å². The van der Waals surface area contributed by atoms with Crippen molar-refractivity contribution in [2.24, 2.45) is 0 Å². The summed E-state index contributed by atoms with van der Waals surface area (Å²) in [6.07, 6.45) is 0. The maximum atomic E-state index is 13.6. The maximum absolute atomic E-state index is 13.6. The van der Waals surface area contributed by atoms with Gasteiger partial charge in [-0.15, -0.1) is 0 Å². The number of nitrogens with zero attached hydrogens (tertiary/aromatic N) is 2. The van der Waals surface area contributed by atoms with Gasteiger partial charge in [-0.05, 0) is 30.3 Å². The number of benzene rings is 2. The second kappa shape index (κ2) is 6.84. The average Bonchev–Trinajstić information content (AvgIpc) is 2.98. The molecule has 25 heavy (non-hydrogen) atoms. The molecule has 0 aliphatic heterocycles. The molecule has 0 saturated carbocycles. The van der Waals surface area contributed by atoms with Crippen LogP contribution in [0.25, 0.3) is 11.0 Å². The third-order valence-electron chi connectivity index (χ3n) is 3.58. The number of para-hydroxylation sites is 2. The Hall–Kier alpha value is -3.03. The van der Waals surface area contributed by atoms with Crippen LogP contribution in [0.2, 0.25) is 0 Å². The summed E-state index contributed by atoms with van der Waals surface area (Å²) in [5.41, 5.74) is 0.543. The van der Waals surface area contributed by atoms with Crippen LogP contribution >= 0.6 is 0 Å². The summed E-state index contributed by atoms with van der Waals surface area (Å²) >= 11 is 0. The predicted molar refractivity (Wildman–Crippen MR) is 83.1 cm³/mol. The molecule has 3 rings (SSSR count). The molecular weight excluding hydrogens is 337 g/mol. The van der Waals surface area contributed by atoms with E-state index < -0.39 is 24.9 Å². The van der Waals surface area contributed by atoms with Crippen LogP contribution in [-0.2, 0) is 11.3 Å². The van der Waals surface area contributed by atoms with Gasteiger partial charge in [0, 0.05) is 0 Å². The van der Waals surface area contributed by atoms with Crippen LogP contribution < -0.4 is 4.74 Å². The van der Waals surface area contributed by atoms with Crippen LogP contribution in [0.3, 0.4) is 0 Å². The van der Waals surface area contributed by atoms with Crippen molar-refractivity contribution in [3.05, 3.63) is 59.7 Å². The molecule has 0 bridgehead atoms. The summed E-state index contributed by atoms with van der Waals surface area (Å²) in [6, 6.07) is 9.91. The highest BCUT2D eigenvalue weighted by Crippen LogP contribution is 2.24. The predicted octanol–water partition coefficient (Wildman–Crippen LogP) is 3.94. The first-order valence-corrected chi connectivity index (χ1v) is 7.26. The molecular formula is C17H13F3N2O3. The molecule has 0 radical (unpaired) electrons. The number of hydrogen-bond donors (Lipinski definition) is 0. The third-order valence-corrected chi connectivity index (χ3v) is 3.58. The molecule has 0 aliphatic rings. The number of carbonyl (C=O) groups is 1. The molecule has 0 N–H and O–H groups in total. The molecule has 0 unspecified atom stereocenters. The molecule has 0 saturated heterocycles. The van der Waals surface area contributed by atoms with Gasteiger partial charge in [-0.25, -0.2) is 14.2 Å². The highest BCUT2D eigenvalue weighted by atomic mass is 19.3. The summed E-state index contributed by atoms with van der Waals surface area (Å²) < 4.78 is 50.7. The number of esters is 1. The lowest BCUT2D eigenvalue weighted by Gasteiger charge is -2.09. The molecule has 0 amide bonds. The number of halogens is 3.